The smallest absolute Gasteiger partial charge is 0.343 e. The van der Waals surface area contributed by atoms with Gasteiger partial charge in [-0.3, -0.25) is 19.3 Å². The Kier molecular flexibility index (Phi) is 7.81. The van der Waals surface area contributed by atoms with E-state index in [1.54, 1.807) is 23.1 Å². The summed E-state index contributed by atoms with van der Waals surface area (Å²) in [7, 11) is 2.72. The largest absolute Gasteiger partial charge is 0.493 e. The molecule has 2 heterocycles. The van der Waals surface area contributed by atoms with Crippen molar-refractivity contribution in [3.8, 4) is 11.5 Å². The van der Waals surface area contributed by atoms with Crippen LogP contribution in [0.15, 0.2) is 17.0 Å². The number of esters is 1. The number of thioether (sulfide) groups is 1. The summed E-state index contributed by atoms with van der Waals surface area (Å²) in [4.78, 5) is 51.6. The van der Waals surface area contributed by atoms with Crippen LogP contribution in [0.3, 0.4) is 0 Å². The minimum Gasteiger partial charge on any atom is -0.493 e. The maximum Gasteiger partial charge on any atom is 0.343 e. The normalized spacial score (nSPS) is 17.5. The molecule has 2 saturated heterocycles. The first-order valence-corrected chi connectivity index (χ1v) is 11.3. The molecule has 2 aliphatic rings. The third-order valence-corrected chi connectivity index (χ3v) is 6.45. The number of carbonyl (C=O) groups excluding carboxylic acids is 4. The Balaban J connectivity index is 1.77. The number of carbonyl (C=O) groups is 4. The Bertz CT molecular complexity index is 944. The van der Waals surface area contributed by atoms with Crippen molar-refractivity contribution in [3.05, 3.63) is 26.2 Å². The van der Waals surface area contributed by atoms with E-state index >= 15 is 0 Å². The van der Waals surface area contributed by atoms with Gasteiger partial charge >= 0.3 is 5.97 Å². The minimum atomic E-state index is -0.529. The van der Waals surface area contributed by atoms with Gasteiger partial charge in [-0.25, -0.2) is 4.79 Å². The number of ether oxygens (including phenoxy) is 3. The predicted molar refractivity (Wildman–Crippen MR) is 122 cm³/mol. The fourth-order valence-electron chi connectivity index (χ4n) is 3.14. The van der Waals surface area contributed by atoms with Gasteiger partial charge in [-0.2, -0.15) is 0 Å². The lowest BCUT2D eigenvalue weighted by Crippen LogP contribution is -2.40. The highest BCUT2D eigenvalue weighted by Gasteiger charge is 2.37. The van der Waals surface area contributed by atoms with Crippen molar-refractivity contribution in [3.63, 3.8) is 0 Å². The average molecular weight is 560 g/mol. The zero-order valence-corrected chi connectivity index (χ0v) is 20.0. The summed E-state index contributed by atoms with van der Waals surface area (Å²) in [5.41, 5.74) is 0.614. The quantitative estimate of drug-likeness (QED) is 0.285. The summed E-state index contributed by atoms with van der Waals surface area (Å²) in [6, 6.07) is 3.37. The lowest BCUT2D eigenvalue weighted by molar-refractivity contribution is -0.143. The molecule has 0 aromatic heterocycles. The fraction of sp³-hybridized carbons (Fsp3) is 0.400. The van der Waals surface area contributed by atoms with Gasteiger partial charge in [-0.1, -0.05) is 0 Å². The molecule has 11 heteroatoms. The first-order chi connectivity index (χ1) is 14.8. The average Bonchev–Trinajstić information content (AvgIpc) is 3.37. The van der Waals surface area contributed by atoms with E-state index in [9.17, 15) is 19.2 Å². The van der Waals surface area contributed by atoms with Gasteiger partial charge in [0.2, 0.25) is 5.91 Å². The van der Waals surface area contributed by atoms with Gasteiger partial charge in [0.15, 0.2) is 18.1 Å². The van der Waals surface area contributed by atoms with Crippen LogP contribution in [0.5, 0.6) is 11.5 Å². The molecule has 0 bridgehead atoms. The van der Waals surface area contributed by atoms with Crippen LogP contribution < -0.4 is 9.47 Å². The summed E-state index contributed by atoms with van der Waals surface area (Å²) >= 11 is 2.82. The Morgan fingerprint density at radius 1 is 1.19 bits per heavy atom. The Labute approximate surface area is 197 Å². The molecule has 0 radical (unpaired) electrons. The standard InChI is InChI=1S/C20H21IN2O7S/c1-28-14-8-12(7-13(21)18(14)30-11-17(25)29-2)9-15-19(26)23(20(27)31-15)10-16(24)22-5-3-4-6-22/h7-9H,3-6,10-11H2,1-2H3/b15-9-. The summed E-state index contributed by atoms with van der Waals surface area (Å²) in [5, 5.41) is -0.469. The van der Waals surface area contributed by atoms with E-state index in [1.807, 2.05) is 22.6 Å². The van der Waals surface area contributed by atoms with E-state index in [0.29, 0.717) is 33.7 Å². The fourth-order valence-corrected chi connectivity index (χ4v) is 4.76. The molecule has 1 aromatic carbocycles. The number of rotatable bonds is 7. The molecule has 0 atom stereocenters. The number of hydrogen-bond acceptors (Lipinski definition) is 8. The van der Waals surface area contributed by atoms with Crippen LogP contribution in [0, 0.1) is 3.57 Å². The van der Waals surface area contributed by atoms with E-state index in [2.05, 4.69) is 4.74 Å². The monoisotopic (exact) mass is 560 g/mol. The van der Waals surface area contributed by atoms with E-state index < -0.39 is 17.1 Å². The number of imide groups is 1. The van der Waals surface area contributed by atoms with E-state index in [0.717, 1.165) is 29.5 Å². The van der Waals surface area contributed by atoms with Gasteiger partial charge in [-0.15, -0.1) is 0 Å². The zero-order valence-electron chi connectivity index (χ0n) is 17.0. The predicted octanol–water partition coefficient (Wildman–Crippen LogP) is 2.51. The van der Waals surface area contributed by atoms with Crippen molar-refractivity contribution in [1.82, 2.24) is 9.80 Å². The molecule has 2 aliphatic heterocycles. The second-order valence-electron chi connectivity index (χ2n) is 6.75. The van der Waals surface area contributed by atoms with Crippen molar-refractivity contribution >= 4 is 63.5 Å². The van der Waals surface area contributed by atoms with Crippen molar-refractivity contribution in [2.75, 3.05) is 40.5 Å². The lowest BCUT2D eigenvalue weighted by Gasteiger charge is -2.18. The van der Waals surface area contributed by atoms with Gasteiger partial charge < -0.3 is 19.1 Å². The molecule has 3 rings (SSSR count). The van der Waals surface area contributed by atoms with Crippen molar-refractivity contribution in [1.29, 1.82) is 0 Å². The zero-order chi connectivity index (χ0) is 22.5. The maximum absolute atomic E-state index is 12.7. The molecule has 0 aliphatic carbocycles. The Morgan fingerprint density at radius 2 is 1.90 bits per heavy atom. The molecule has 166 valence electrons. The second kappa shape index (κ2) is 10.4. The van der Waals surface area contributed by atoms with Crippen LogP contribution in [0.1, 0.15) is 18.4 Å². The van der Waals surface area contributed by atoms with Gasteiger partial charge in [0.1, 0.15) is 6.54 Å². The summed E-state index contributed by atoms with van der Waals surface area (Å²) in [6.45, 7) is 0.802. The van der Waals surface area contributed by atoms with E-state index in [1.165, 1.54) is 14.2 Å². The van der Waals surface area contributed by atoms with Crippen molar-refractivity contribution < 1.29 is 33.4 Å². The van der Waals surface area contributed by atoms with Crippen LogP contribution in [-0.2, 0) is 19.1 Å². The molecule has 9 nitrogen and oxygen atoms in total. The van der Waals surface area contributed by atoms with E-state index in [4.69, 9.17) is 9.47 Å². The molecular weight excluding hydrogens is 539 g/mol. The third-order valence-electron chi connectivity index (χ3n) is 4.74. The van der Waals surface area contributed by atoms with Crippen LogP contribution in [0.25, 0.3) is 6.08 Å². The van der Waals surface area contributed by atoms with Crippen molar-refractivity contribution in [2.24, 2.45) is 0 Å². The highest BCUT2D eigenvalue weighted by molar-refractivity contribution is 14.1. The summed E-state index contributed by atoms with van der Waals surface area (Å²) in [6.07, 6.45) is 3.45. The molecule has 0 N–H and O–H groups in total. The molecule has 2 fully saturated rings. The maximum atomic E-state index is 12.7. The number of hydrogen-bond donors (Lipinski definition) is 0. The molecule has 0 saturated carbocycles. The second-order valence-corrected chi connectivity index (χ2v) is 8.91. The summed E-state index contributed by atoms with van der Waals surface area (Å²) < 4.78 is 16.0. The minimum absolute atomic E-state index is 0.218. The van der Waals surface area contributed by atoms with E-state index in [-0.39, 0.29) is 24.0 Å². The van der Waals surface area contributed by atoms with Gasteiger partial charge in [0.25, 0.3) is 11.1 Å². The highest BCUT2D eigenvalue weighted by Crippen LogP contribution is 2.37. The molecule has 0 unspecified atom stereocenters. The molecule has 3 amide bonds. The number of likely N-dealkylation sites (tertiary alicyclic amines) is 1. The van der Waals surface area contributed by atoms with Crippen LogP contribution >= 0.6 is 34.4 Å². The molecule has 0 spiro atoms. The topological polar surface area (TPSA) is 102 Å². The number of methoxy groups -OCH3 is 2. The van der Waals surface area contributed by atoms with Gasteiger partial charge in [0, 0.05) is 13.1 Å². The van der Waals surface area contributed by atoms with Crippen LogP contribution in [0.2, 0.25) is 0 Å². The van der Waals surface area contributed by atoms with Crippen LogP contribution in [-0.4, -0.2) is 73.3 Å². The number of halogens is 1. The van der Waals surface area contributed by atoms with Crippen molar-refractivity contribution in [2.45, 2.75) is 12.8 Å². The molecule has 31 heavy (non-hydrogen) atoms. The number of nitrogens with zero attached hydrogens (tertiary/aromatic N) is 2. The highest BCUT2D eigenvalue weighted by atomic mass is 127. The number of benzene rings is 1. The molecule has 1 aromatic rings. The summed E-state index contributed by atoms with van der Waals surface area (Å²) in [5.74, 6) is -0.508. The van der Waals surface area contributed by atoms with Gasteiger partial charge in [-0.05, 0) is 71.0 Å². The van der Waals surface area contributed by atoms with Crippen LogP contribution in [0.4, 0.5) is 4.79 Å². The Hall–Kier alpha value is -2.28. The SMILES string of the molecule is COC(=O)COc1c(I)cc(/C=C2\SC(=O)N(CC(=O)N3CCCC3)C2=O)cc1OC. The third kappa shape index (κ3) is 5.50. The lowest BCUT2D eigenvalue weighted by atomic mass is 10.2. The Morgan fingerprint density at radius 3 is 2.55 bits per heavy atom. The molecular formula is C20H21IN2O7S. The first-order valence-electron chi connectivity index (χ1n) is 9.44. The van der Waals surface area contributed by atoms with Gasteiger partial charge in [0.05, 0.1) is 22.7 Å². The number of amides is 3. The first kappa shape index (κ1) is 23.4.